The number of nitrogens with zero attached hydrogens (tertiary/aromatic N) is 1. The van der Waals surface area contributed by atoms with Crippen LogP contribution in [0.15, 0.2) is 24.3 Å². The number of carboxylic acid groups (broad SMARTS) is 1. The lowest BCUT2D eigenvalue weighted by molar-refractivity contribution is -0.150. The van der Waals surface area contributed by atoms with E-state index in [0.717, 1.165) is 5.69 Å². The summed E-state index contributed by atoms with van der Waals surface area (Å²) in [7, 11) is 0. The molecule has 3 N–H and O–H groups in total. The van der Waals surface area contributed by atoms with E-state index in [1.54, 1.807) is 12.1 Å². The zero-order valence-electron chi connectivity index (χ0n) is 11.8. The van der Waals surface area contributed by atoms with Crippen molar-refractivity contribution in [2.45, 2.75) is 20.3 Å². The first-order chi connectivity index (χ1) is 9.38. The van der Waals surface area contributed by atoms with Gasteiger partial charge in [-0.05, 0) is 24.5 Å². The highest BCUT2D eigenvalue weighted by molar-refractivity contribution is 5.98. The molecule has 2 rings (SSSR count). The van der Waals surface area contributed by atoms with Crippen LogP contribution in [0.25, 0.3) is 0 Å². The molecule has 1 saturated heterocycles. The summed E-state index contributed by atoms with van der Waals surface area (Å²) in [5.74, 6) is -1.23. The monoisotopic (exact) mass is 276 g/mol. The third kappa shape index (κ3) is 2.24. The number of aliphatic carboxylic acids is 1. The molecule has 1 heterocycles. The van der Waals surface area contributed by atoms with Gasteiger partial charge < -0.3 is 15.7 Å². The Kier molecular flexibility index (Phi) is 3.70. The molecule has 1 aliphatic rings. The van der Waals surface area contributed by atoms with Crippen LogP contribution in [-0.4, -0.2) is 30.1 Å². The molecule has 5 heteroatoms. The fourth-order valence-corrected chi connectivity index (χ4v) is 2.89. The van der Waals surface area contributed by atoms with E-state index in [1.807, 2.05) is 30.9 Å². The van der Waals surface area contributed by atoms with Gasteiger partial charge in [0, 0.05) is 18.8 Å². The predicted octanol–water partition coefficient (Wildman–Crippen LogP) is 1.72. The highest BCUT2D eigenvalue weighted by Gasteiger charge is 2.47. The van der Waals surface area contributed by atoms with Crippen LogP contribution in [-0.2, 0) is 4.79 Å². The van der Waals surface area contributed by atoms with Crippen LogP contribution in [0.5, 0.6) is 0 Å². The lowest BCUT2D eigenvalue weighted by Gasteiger charge is -2.29. The van der Waals surface area contributed by atoms with Crippen molar-refractivity contribution in [3.8, 4) is 0 Å². The van der Waals surface area contributed by atoms with E-state index in [-0.39, 0.29) is 5.92 Å². The highest BCUT2D eigenvalue weighted by Crippen LogP contribution is 2.40. The molecule has 108 valence electrons. The van der Waals surface area contributed by atoms with Crippen molar-refractivity contribution < 1.29 is 14.7 Å². The van der Waals surface area contributed by atoms with E-state index in [1.165, 1.54) is 0 Å². The second-order valence-corrected chi connectivity index (χ2v) is 5.67. The predicted molar refractivity (Wildman–Crippen MR) is 76.7 cm³/mol. The first-order valence-corrected chi connectivity index (χ1v) is 6.75. The maximum Gasteiger partial charge on any atom is 0.311 e. The molecular weight excluding hydrogens is 256 g/mol. The van der Waals surface area contributed by atoms with E-state index >= 15 is 0 Å². The molecule has 0 saturated carbocycles. The van der Waals surface area contributed by atoms with Gasteiger partial charge in [0.2, 0.25) is 0 Å². The molecule has 1 fully saturated rings. The number of rotatable bonds is 4. The molecule has 0 aromatic heterocycles. The van der Waals surface area contributed by atoms with E-state index in [9.17, 15) is 14.7 Å². The third-order valence-corrected chi connectivity index (χ3v) is 4.34. The lowest BCUT2D eigenvalue weighted by atomic mass is 9.76. The Labute approximate surface area is 118 Å². The molecule has 0 spiro atoms. The Morgan fingerprint density at radius 1 is 1.35 bits per heavy atom. The molecule has 0 aliphatic carbocycles. The van der Waals surface area contributed by atoms with Crippen LogP contribution in [0, 0.1) is 11.3 Å². The summed E-state index contributed by atoms with van der Waals surface area (Å²) in [6.45, 7) is 4.88. The van der Waals surface area contributed by atoms with Crippen LogP contribution in [0.1, 0.15) is 30.6 Å². The van der Waals surface area contributed by atoms with Crippen molar-refractivity contribution in [3.05, 3.63) is 29.8 Å². The number of hydrogen-bond donors (Lipinski definition) is 2. The number of carbonyl (C=O) groups is 2. The number of primary amides is 1. The topological polar surface area (TPSA) is 83.6 Å². The van der Waals surface area contributed by atoms with Crippen molar-refractivity contribution in [1.82, 2.24) is 0 Å². The summed E-state index contributed by atoms with van der Waals surface area (Å²) in [6.07, 6.45) is 0.576. The van der Waals surface area contributed by atoms with Crippen molar-refractivity contribution >= 4 is 17.6 Å². The molecule has 0 radical (unpaired) electrons. The molecule has 1 atom stereocenters. The Morgan fingerprint density at radius 2 is 2.00 bits per heavy atom. The Balaban J connectivity index is 2.34. The zero-order valence-corrected chi connectivity index (χ0v) is 11.8. The van der Waals surface area contributed by atoms with Gasteiger partial charge in [-0.25, -0.2) is 0 Å². The average molecular weight is 276 g/mol. The minimum absolute atomic E-state index is 0.0331. The first-order valence-electron chi connectivity index (χ1n) is 6.75. The molecule has 5 nitrogen and oxygen atoms in total. The average Bonchev–Trinajstić information content (AvgIpc) is 2.85. The van der Waals surface area contributed by atoms with Gasteiger partial charge >= 0.3 is 5.97 Å². The molecule has 1 aromatic rings. The number of para-hydroxylation sites is 1. The van der Waals surface area contributed by atoms with Gasteiger partial charge in [0.15, 0.2) is 0 Å². The number of carbonyl (C=O) groups excluding carboxylic acids is 1. The zero-order chi connectivity index (χ0) is 14.9. The normalized spacial score (nSPS) is 22.2. The van der Waals surface area contributed by atoms with Crippen molar-refractivity contribution in [2.24, 2.45) is 17.1 Å². The van der Waals surface area contributed by atoms with Crippen molar-refractivity contribution in [1.29, 1.82) is 0 Å². The molecule has 1 aliphatic heterocycles. The SMILES string of the molecule is CC(C)C1(C(=O)O)CCN(c2ccccc2C(N)=O)C1. The Morgan fingerprint density at radius 3 is 2.50 bits per heavy atom. The fraction of sp³-hybridized carbons (Fsp3) is 0.467. The van der Waals surface area contributed by atoms with Crippen LogP contribution in [0.4, 0.5) is 5.69 Å². The summed E-state index contributed by atoms with van der Waals surface area (Å²) in [5.41, 5.74) is 5.80. The van der Waals surface area contributed by atoms with Gasteiger partial charge in [0.25, 0.3) is 5.91 Å². The fourth-order valence-electron chi connectivity index (χ4n) is 2.89. The minimum Gasteiger partial charge on any atom is -0.481 e. The Hall–Kier alpha value is -2.04. The number of carboxylic acids is 1. The van der Waals surface area contributed by atoms with Gasteiger partial charge in [-0.15, -0.1) is 0 Å². The largest absolute Gasteiger partial charge is 0.481 e. The number of benzene rings is 1. The minimum atomic E-state index is -0.772. The molecule has 1 aromatic carbocycles. The first kappa shape index (κ1) is 14.4. The van der Waals surface area contributed by atoms with E-state index < -0.39 is 17.3 Å². The summed E-state index contributed by atoms with van der Waals surface area (Å²) >= 11 is 0. The summed E-state index contributed by atoms with van der Waals surface area (Å²) < 4.78 is 0. The summed E-state index contributed by atoms with van der Waals surface area (Å²) in [4.78, 5) is 25.1. The third-order valence-electron chi connectivity index (χ3n) is 4.34. The quantitative estimate of drug-likeness (QED) is 0.877. The number of nitrogens with two attached hydrogens (primary N) is 1. The standard InChI is InChI=1S/C15H20N2O3/c1-10(2)15(14(19)20)7-8-17(9-15)12-6-4-3-5-11(12)13(16)18/h3-6,10H,7-9H2,1-2H3,(H2,16,18)(H,19,20). The van der Waals surface area contributed by atoms with Crippen LogP contribution < -0.4 is 10.6 Å². The molecule has 0 bridgehead atoms. The second-order valence-electron chi connectivity index (χ2n) is 5.67. The van der Waals surface area contributed by atoms with Gasteiger partial charge in [0.05, 0.1) is 11.0 Å². The van der Waals surface area contributed by atoms with Crippen molar-refractivity contribution in [2.75, 3.05) is 18.0 Å². The van der Waals surface area contributed by atoms with E-state index in [2.05, 4.69) is 0 Å². The highest BCUT2D eigenvalue weighted by atomic mass is 16.4. The van der Waals surface area contributed by atoms with Gasteiger partial charge in [-0.1, -0.05) is 26.0 Å². The molecular formula is C15H20N2O3. The second kappa shape index (κ2) is 5.15. The van der Waals surface area contributed by atoms with E-state index in [4.69, 9.17) is 5.73 Å². The summed E-state index contributed by atoms with van der Waals surface area (Å²) in [5, 5.41) is 9.56. The van der Waals surface area contributed by atoms with Crippen LogP contribution >= 0.6 is 0 Å². The number of hydrogen-bond acceptors (Lipinski definition) is 3. The van der Waals surface area contributed by atoms with Gasteiger partial charge in [0.1, 0.15) is 0 Å². The van der Waals surface area contributed by atoms with E-state index in [0.29, 0.717) is 25.1 Å². The smallest absolute Gasteiger partial charge is 0.311 e. The molecule has 20 heavy (non-hydrogen) atoms. The molecule has 1 unspecified atom stereocenters. The van der Waals surface area contributed by atoms with Gasteiger partial charge in [-0.3, -0.25) is 9.59 Å². The molecule has 1 amide bonds. The van der Waals surface area contributed by atoms with Gasteiger partial charge in [-0.2, -0.15) is 0 Å². The summed E-state index contributed by atoms with van der Waals surface area (Å²) in [6, 6.07) is 7.08. The van der Waals surface area contributed by atoms with Crippen molar-refractivity contribution in [3.63, 3.8) is 0 Å². The lowest BCUT2D eigenvalue weighted by Crippen LogP contribution is -2.39. The van der Waals surface area contributed by atoms with Crippen LogP contribution in [0.3, 0.4) is 0 Å². The maximum absolute atomic E-state index is 11.6. The maximum atomic E-state index is 11.6. The number of anilines is 1. The number of amides is 1. The Bertz CT molecular complexity index is 542. The van der Waals surface area contributed by atoms with Crippen LogP contribution in [0.2, 0.25) is 0 Å².